The number of rotatable bonds is 8. The summed E-state index contributed by atoms with van der Waals surface area (Å²) in [7, 11) is 0. The lowest BCUT2D eigenvalue weighted by Gasteiger charge is -2.36. The van der Waals surface area contributed by atoms with Crippen molar-refractivity contribution >= 4 is 17.6 Å². The molecule has 8 heteroatoms. The summed E-state index contributed by atoms with van der Waals surface area (Å²) < 4.78 is 2.10. The number of halogens is 1. The van der Waals surface area contributed by atoms with Gasteiger partial charge in [0.2, 0.25) is 0 Å². The van der Waals surface area contributed by atoms with Crippen LogP contribution in [0.1, 0.15) is 31.7 Å². The van der Waals surface area contributed by atoms with E-state index in [1.54, 1.807) is 6.33 Å². The topological polar surface area (TPSA) is 61.6 Å². The molecule has 0 bridgehead atoms. The van der Waals surface area contributed by atoms with Crippen LogP contribution in [0.15, 0.2) is 35.6 Å². The molecule has 7 nitrogen and oxygen atoms in total. The first-order chi connectivity index (χ1) is 14.2. The van der Waals surface area contributed by atoms with Crippen molar-refractivity contribution < 1.29 is 0 Å². The van der Waals surface area contributed by atoms with Gasteiger partial charge in [-0.25, -0.2) is 0 Å². The molecule has 0 amide bonds. The molecule has 0 spiro atoms. The summed E-state index contributed by atoms with van der Waals surface area (Å²) in [5.41, 5.74) is 1.27. The monoisotopic (exact) mass is 417 g/mol. The highest BCUT2D eigenvalue weighted by molar-refractivity contribution is 6.30. The van der Waals surface area contributed by atoms with Crippen LogP contribution in [0.25, 0.3) is 0 Å². The molecule has 1 aliphatic heterocycles. The number of aromatic nitrogens is 3. The van der Waals surface area contributed by atoms with Gasteiger partial charge in [0.25, 0.3) is 0 Å². The minimum atomic E-state index is 0.804. The van der Waals surface area contributed by atoms with Crippen molar-refractivity contribution in [1.29, 1.82) is 0 Å². The molecule has 2 heterocycles. The van der Waals surface area contributed by atoms with Gasteiger partial charge in [-0.3, -0.25) is 9.89 Å². The second-order valence-electron chi connectivity index (χ2n) is 7.32. The molecule has 1 fully saturated rings. The van der Waals surface area contributed by atoms with E-state index in [1.165, 1.54) is 5.56 Å². The van der Waals surface area contributed by atoms with E-state index in [1.807, 2.05) is 12.1 Å². The first-order valence-corrected chi connectivity index (χ1v) is 10.9. The van der Waals surface area contributed by atoms with Gasteiger partial charge in [-0.15, -0.1) is 10.2 Å². The Kier molecular flexibility index (Phi) is 8.31. The summed E-state index contributed by atoms with van der Waals surface area (Å²) in [6, 6.07) is 8.14. The number of benzene rings is 1. The van der Waals surface area contributed by atoms with E-state index in [0.29, 0.717) is 0 Å². The third kappa shape index (κ3) is 6.44. The summed E-state index contributed by atoms with van der Waals surface area (Å²) in [6.07, 6.45) is 3.74. The molecule has 1 aliphatic rings. The average molecular weight is 418 g/mol. The van der Waals surface area contributed by atoms with E-state index < -0.39 is 0 Å². The van der Waals surface area contributed by atoms with E-state index in [9.17, 15) is 0 Å². The normalized spacial score (nSPS) is 15.7. The zero-order valence-electron chi connectivity index (χ0n) is 17.5. The summed E-state index contributed by atoms with van der Waals surface area (Å²) in [5, 5.41) is 12.5. The van der Waals surface area contributed by atoms with Crippen LogP contribution in [0.3, 0.4) is 0 Å². The molecule has 0 atom stereocenters. The fourth-order valence-corrected chi connectivity index (χ4v) is 3.74. The van der Waals surface area contributed by atoms with Crippen LogP contribution < -0.4 is 5.32 Å². The number of hydrogen-bond acceptors (Lipinski definition) is 4. The number of aryl methyl sites for hydroxylation is 1. The number of piperazine rings is 1. The molecule has 29 heavy (non-hydrogen) atoms. The van der Waals surface area contributed by atoms with E-state index in [-0.39, 0.29) is 0 Å². The Morgan fingerprint density at radius 3 is 2.76 bits per heavy atom. The summed E-state index contributed by atoms with van der Waals surface area (Å²) in [5.74, 6) is 2.04. The Bertz CT molecular complexity index is 781. The lowest BCUT2D eigenvalue weighted by atomic mass is 10.2. The number of hydrogen-bond donors (Lipinski definition) is 1. The Morgan fingerprint density at radius 1 is 1.21 bits per heavy atom. The van der Waals surface area contributed by atoms with E-state index in [0.717, 1.165) is 82.0 Å². The van der Waals surface area contributed by atoms with Crippen molar-refractivity contribution in [2.45, 2.75) is 39.8 Å². The van der Waals surface area contributed by atoms with E-state index in [4.69, 9.17) is 16.6 Å². The first kappa shape index (κ1) is 21.6. The second-order valence-corrected chi connectivity index (χ2v) is 7.76. The lowest BCUT2D eigenvalue weighted by molar-refractivity contribution is 0.172. The number of aliphatic imine (C=N–C) groups is 1. The van der Waals surface area contributed by atoms with Gasteiger partial charge in [-0.05, 0) is 24.1 Å². The zero-order valence-corrected chi connectivity index (χ0v) is 18.3. The predicted molar refractivity (Wildman–Crippen MR) is 118 cm³/mol. The Balaban J connectivity index is 1.50. The fourth-order valence-electron chi connectivity index (χ4n) is 3.52. The molecule has 0 saturated carbocycles. The third-order valence-electron chi connectivity index (χ3n) is 5.10. The third-order valence-corrected chi connectivity index (χ3v) is 5.34. The molecule has 1 aromatic carbocycles. The zero-order chi connectivity index (χ0) is 20.5. The van der Waals surface area contributed by atoms with Crippen molar-refractivity contribution in [2.24, 2.45) is 4.99 Å². The molecule has 0 aliphatic carbocycles. The van der Waals surface area contributed by atoms with Crippen molar-refractivity contribution in [3.8, 4) is 0 Å². The maximum atomic E-state index is 6.12. The Labute approximate surface area is 178 Å². The molecule has 1 saturated heterocycles. The van der Waals surface area contributed by atoms with Crippen molar-refractivity contribution in [3.05, 3.63) is 47.0 Å². The van der Waals surface area contributed by atoms with Crippen molar-refractivity contribution in [2.75, 3.05) is 39.3 Å². The summed E-state index contributed by atoms with van der Waals surface area (Å²) >= 11 is 6.12. The second kappa shape index (κ2) is 11.2. The largest absolute Gasteiger partial charge is 0.354 e. The molecule has 0 unspecified atom stereocenters. The van der Waals surface area contributed by atoms with Gasteiger partial charge in [-0.1, -0.05) is 37.6 Å². The van der Waals surface area contributed by atoms with Crippen LogP contribution in [0.4, 0.5) is 0 Å². The summed E-state index contributed by atoms with van der Waals surface area (Å²) in [4.78, 5) is 9.65. The smallest absolute Gasteiger partial charge is 0.194 e. The molecule has 3 rings (SSSR count). The molecule has 0 radical (unpaired) electrons. The van der Waals surface area contributed by atoms with Gasteiger partial charge in [0, 0.05) is 63.8 Å². The number of guanidine groups is 1. The SMILES string of the molecule is CCCN=C(NCCn1cnnc1CC)N1CCN(Cc2cccc(Cl)c2)CC1. The van der Waals surface area contributed by atoms with Crippen LogP contribution in [-0.2, 0) is 19.5 Å². The molecular formula is C21H32ClN7. The van der Waals surface area contributed by atoms with Crippen LogP contribution in [0.2, 0.25) is 5.02 Å². The van der Waals surface area contributed by atoms with Crippen molar-refractivity contribution in [1.82, 2.24) is 29.9 Å². The van der Waals surface area contributed by atoms with Gasteiger partial charge in [0.1, 0.15) is 12.2 Å². The molecule has 158 valence electrons. The fraction of sp³-hybridized carbons (Fsp3) is 0.571. The van der Waals surface area contributed by atoms with Gasteiger partial charge in [0.05, 0.1) is 0 Å². The molecular weight excluding hydrogens is 386 g/mol. The average Bonchev–Trinajstić information content (AvgIpc) is 3.19. The van der Waals surface area contributed by atoms with Crippen molar-refractivity contribution in [3.63, 3.8) is 0 Å². The Hall–Kier alpha value is -2.12. The quantitative estimate of drug-likeness (QED) is 0.528. The maximum Gasteiger partial charge on any atom is 0.194 e. The van der Waals surface area contributed by atoms with Crippen LogP contribution in [0.5, 0.6) is 0 Å². The maximum absolute atomic E-state index is 6.12. The van der Waals surface area contributed by atoms with Gasteiger partial charge >= 0.3 is 0 Å². The minimum Gasteiger partial charge on any atom is -0.354 e. The highest BCUT2D eigenvalue weighted by Gasteiger charge is 2.20. The predicted octanol–water partition coefficient (Wildman–Crippen LogP) is 2.67. The highest BCUT2D eigenvalue weighted by Crippen LogP contribution is 2.14. The highest BCUT2D eigenvalue weighted by atomic mass is 35.5. The molecule has 1 N–H and O–H groups in total. The Morgan fingerprint density at radius 2 is 2.03 bits per heavy atom. The van der Waals surface area contributed by atoms with Gasteiger partial charge in [0.15, 0.2) is 5.96 Å². The first-order valence-electron chi connectivity index (χ1n) is 10.6. The van der Waals surface area contributed by atoms with Crippen LogP contribution in [0, 0.1) is 0 Å². The summed E-state index contributed by atoms with van der Waals surface area (Å²) in [6.45, 7) is 11.7. The van der Waals surface area contributed by atoms with Crippen LogP contribution in [-0.4, -0.2) is 69.8 Å². The standard InChI is InChI=1S/C21H32ClN7/c1-3-8-23-21(24-9-10-29-17-25-26-20(29)4-2)28-13-11-27(12-14-28)16-18-6-5-7-19(22)15-18/h5-7,15,17H,3-4,8-14,16H2,1-2H3,(H,23,24). The van der Waals surface area contributed by atoms with E-state index >= 15 is 0 Å². The molecule has 1 aromatic heterocycles. The lowest BCUT2D eigenvalue weighted by Crippen LogP contribution is -2.52. The van der Waals surface area contributed by atoms with Gasteiger partial charge < -0.3 is 14.8 Å². The van der Waals surface area contributed by atoms with E-state index in [2.05, 4.69) is 55.9 Å². The number of nitrogens with one attached hydrogen (secondary N) is 1. The minimum absolute atomic E-state index is 0.804. The molecule has 2 aromatic rings. The van der Waals surface area contributed by atoms with Crippen LogP contribution >= 0.6 is 11.6 Å². The number of nitrogens with zero attached hydrogens (tertiary/aromatic N) is 6. The van der Waals surface area contributed by atoms with Gasteiger partial charge in [-0.2, -0.15) is 0 Å².